The van der Waals surface area contributed by atoms with Gasteiger partial charge in [0.05, 0.1) is 31.2 Å². The van der Waals surface area contributed by atoms with E-state index in [0.29, 0.717) is 11.6 Å². The third kappa shape index (κ3) is 3.95. The van der Waals surface area contributed by atoms with Gasteiger partial charge in [-0.2, -0.15) is 0 Å². The molecule has 0 saturated carbocycles. The standard InChI is InChI=1S/C19H19ClN2O3S2/c1-25-15-8-6-14(7-9-15)22(10-13-4-2-3-5-16(13)20)19-21-17-11-27(23,24)12-18(17)26-19/h2-9,17-18H,10-12H2,1H3/t17-,18-/m0/s1. The van der Waals surface area contributed by atoms with E-state index in [0.717, 1.165) is 22.2 Å². The summed E-state index contributed by atoms with van der Waals surface area (Å²) < 4.78 is 29.0. The number of aliphatic imine (C=N–C) groups is 1. The van der Waals surface area contributed by atoms with Gasteiger partial charge in [0.1, 0.15) is 5.75 Å². The van der Waals surface area contributed by atoms with Crippen LogP contribution in [0.4, 0.5) is 5.69 Å². The van der Waals surface area contributed by atoms with E-state index >= 15 is 0 Å². The summed E-state index contributed by atoms with van der Waals surface area (Å²) in [5.41, 5.74) is 1.95. The molecule has 0 radical (unpaired) electrons. The van der Waals surface area contributed by atoms with Crippen LogP contribution in [0.15, 0.2) is 53.5 Å². The third-order valence-corrected chi connectivity index (χ3v) is 8.32. The van der Waals surface area contributed by atoms with Crippen LogP contribution < -0.4 is 9.64 Å². The molecule has 2 atom stereocenters. The van der Waals surface area contributed by atoms with Crippen LogP contribution in [0, 0.1) is 0 Å². The monoisotopic (exact) mass is 422 g/mol. The highest BCUT2D eigenvalue weighted by atomic mass is 35.5. The smallest absolute Gasteiger partial charge is 0.164 e. The van der Waals surface area contributed by atoms with Gasteiger partial charge in [-0.25, -0.2) is 8.42 Å². The molecule has 0 bridgehead atoms. The summed E-state index contributed by atoms with van der Waals surface area (Å²) in [5, 5.41) is 1.53. The number of benzene rings is 2. The Balaban J connectivity index is 1.67. The molecule has 0 aromatic heterocycles. The van der Waals surface area contributed by atoms with Crippen molar-refractivity contribution in [3.63, 3.8) is 0 Å². The molecule has 27 heavy (non-hydrogen) atoms. The number of halogens is 1. The predicted molar refractivity (Wildman–Crippen MR) is 112 cm³/mol. The number of fused-ring (bicyclic) bond motifs is 1. The first-order valence-electron chi connectivity index (χ1n) is 8.55. The van der Waals surface area contributed by atoms with E-state index in [1.54, 1.807) is 18.9 Å². The molecule has 2 aliphatic rings. The minimum Gasteiger partial charge on any atom is -0.497 e. The van der Waals surface area contributed by atoms with E-state index in [4.69, 9.17) is 21.3 Å². The Morgan fingerprint density at radius 2 is 1.93 bits per heavy atom. The Morgan fingerprint density at radius 1 is 1.19 bits per heavy atom. The lowest BCUT2D eigenvalue weighted by Gasteiger charge is -2.25. The van der Waals surface area contributed by atoms with E-state index in [2.05, 4.69) is 4.90 Å². The largest absolute Gasteiger partial charge is 0.497 e. The molecule has 2 aromatic carbocycles. The zero-order valence-electron chi connectivity index (χ0n) is 14.7. The normalized spacial score (nSPS) is 23.0. The summed E-state index contributed by atoms with van der Waals surface area (Å²) >= 11 is 7.91. The minimum atomic E-state index is -2.98. The first-order valence-corrected chi connectivity index (χ1v) is 11.6. The fourth-order valence-corrected chi connectivity index (χ4v) is 7.28. The Kier molecular flexibility index (Phi) is 5.09. The Labute approximate surface area is 168 Å². The van der Waals surface area contributed by atoms with Crippen molar-refractivity contribution in [1.82, 2.24) is 0 Å². The maximum absolute atomic E-state index is 11.9. The molecule has 2 aliphatic heterocycles. The van der Waals surface area contributed by atoms with Crippen LogP contribution in [0.1, 0.15) is 5.56 Å². The molecule has 1 fully saturated rings. The van der Waals surface area contributed by atoms with Crippen LogP contribution in [-0.4, -0.2) is 43.5 Å². The first kappa shape index (κ1) is 18.7. The van der Waals surface area contributed by atoms with Crippen molar-refractivity contribution in [1.29, 1.82) is 0 Å². The van der Waals surface area contributed by atoms with Crippen LogP contribution in [0.2, 0.25) is 5.02 Å². The van der Waals surface area contributed by atoms with Gasteiger partial charge in [-0.15, -0.1) is 0 Å². The van der Waals surface area contributed by atoms with E-state index < -0.39 is 9.84 Å². The average Bonchev–Trinajstić information content (AvgIpc) is 3.14. The maximum Gasteiger partial charge on any atom is 0.164 e. The highest BCUT2D eigenvalue weighted by Gasteiger charge is 2.44. The zero-order valence-corrected chi connectivity index (χ0v) is 17.1. The van der Waals surface area contributed by atoms with Gasteiger partial charge in [-0.3, -0.25) is 4.99 Å². The van der Waals surface area contributed by atoms with Crippen molar-refractivity contribution < 1.29 is 13.2 Å². The zero-order chi connectivity index (χ0) is 19.0. The van der Waals surface area contributed by atoms with Gasteiger partial charge in [-0.05, 0) is 35.9 Å². The minimum absolute atomic E-state index is 0.00278. The number of anilines is 1. The lowest BCUT2D eigenvalue weighted by molar-refractivity contribution is 0.415. The van der Waals surface area contributed by atoms with Crippen molar-refractivity contribution >= 4 is 44.1 Å². The molecule has 2 heterocycles. The van der Waals surface area contributed by atoms with Gasteiger partial charge in [0.15, 0.2) is 15.0 Å². The number of sulfone groups is 1. The van der Waals surface area contributed by atoms with Crippen molar-refractivity contribution in [2.45, 2.75) is 17.8 Å². The lowest BCUT2D eigenvalue weighted by atomic mass is 10.2. The van der Waals surface area contributed by atoms with Crippen molar-refractivity contribution in [3.05, 3.63) is 59.1 Å². The maximum atomic E-state index is 11.9. The molecule has 8 heteroatoms. The summed E-state index contributed by atoms with van der Waals surface area (Å²) in [4.78, 5) is 6.84. The van der Waals surface area contributed by atoms with Crippen molar-refractivity contribution in [2.24, 2.45) is 4.99 Å². The second kappa shape index (κ2) is 7.37. The van der Waals surface area contributed by atoms with Crippen LogP contribution in [-0.2, 0) is 16.4 Å². The van der Waals surface area contributed by atoms with Crippen LogP contribution in [0.5, 0.6) is 5.75 Å². The molecular weight excluding hydrogens is 404 g/mol. The number of amidine groups is 1. The van der Waals surface area contributed by atoms with Gasteiger partial charge in [0, 0.05) is 16.0 Å². The molecule has 1 saturated heterocycles. The lowest BCUT2D eigenvalue weighted by Crippen LogP contribution is -2.28. The number of thioether (sulfide) groups is 1. The first-order chi connectivity index (χ1) is 12.9. The van der Waals surface area contributed by atoms with Crippen LogP contribution in [0.3, 0.4) is 0 Å². The number of hydrogen-bond donors (Lipinski definition) is 0. The molecule has 0 spiro atoms. The van der Waals surface area contributed by atoms with Gasteiger partial charge in [-0.1, -0.05) is 41.6 Å². The molecule has 0 unspecified atom stereocenters. The van der Waals surface area contributed by atoms with Crippen molar-refractivity contribution in [2.75, 3.05) is 23.5 Å². The fraction of sp³-hybridized carbons (Fsp3) is 0.316. The molecule has 0 N–H and O–H groups in total. The molecule has 0 amide bonds. The van der Waals surface area contributed by atoms with E-state index in [9.17, 15) is 8.42 Å². The summed E-state index contributed by atoms with van der Waals surface area (Å²) in [7, 11) is -1.34. The predicted octanol–water partition coefficient (Wildman–Crippen LogP) is 3.62. The van der Waals surface area contributed by atoms with E-state index in [-0.39, 0.29) is 22.8 Å². The van der Waals surface area contributed by atoms with Crippen molar-refractivity contribution in [3.8, 4) is 5.75 Å². The number of hydrogen-bond acceptors (Lipinski definition) is 6. The third-order valence-electron chi connectivity index (χ3n) is 4.71. The van der Waals surface area contributed by atoms with Crippen LogP contribution >= 0.6 is 23.4 Å². The number of ether oxygens (including phenoxy) is 1. The molecule has 5 nitrogen and oxygen atoms in total. The topological polar surface area (TPSA) is 59.0 Å². The highest BCUT2D eigenvalue weighted by Crippen LogP contribution is 2.38. The SMILES string of the molecule is COc1ccc(N(Cc2ccccc2Cl)C2=N[C@H]3CS(=O)(=O)C[C@@H]3S2)cc1. The number of methoxy groups -OCH3 is 1. The summed E-state index contributed by atoms with van der Waals surface area (Å²) in [6.07, 6.45) is 0. The molecule has 0 aliphatic carbocycles. The second-order valence-electron chi connectivity index (χ2n) is 6.59. The second-order valence-corrected chi connectivity index (χ2v) is 10.4. The number of rotatable bonds is 4. The fourth-order valence-electron chi connectivity index (χ4n) is 3.30. The number of nitrogens with zero attached hydrogens (tertiary/aromatic N) is 2. The average molecular weight is 423 g/mol. The van der Waals surface area contributed by atoms with Crippen LogP contribution in [0.25, 0.3) is 0 Å². The molecule has 2 aromatic rings. The quantitative estimate of drug-likeness (QED) is 0.753. The Bertz CT molecular complexity index is 977. The summed E-state index contributed by atoms with van der Waals surface area (Å²) in [5.74, 6) is 1.11. The Hall–Kier alpha value is -1.70. The highest BCUT2D eigenvalue weighted by molar-refractivity contribution is 8.15. The Morgan fingerprint density at radius 3 is 2.59 bits per heavy atom. The van der Waals surface area contributed by atoms with E-state index in [1.807, 2.05) is 48.5 Å². The molecule has 142 valence electrons. The van der Waals surface area contributed by atoms with Gasteiger partial charge in [0.2, 0.25) is 0 Å². The van der Waals surface area contributed by atoms with Gasteiger partial charge < -0.3 is 9.64 Å². The van der Waals surface area contributed by atoms with Gasteiger partial charge >= 0.3 is 0 Å². The van der Waals surface area contributed by atoms with E-state index in [1.165, 1.54) is 0 Å². The van der Waals surface area contributed by atoms with Gasteiger partial charge in [0.25, 0.3) is 0 Å². The summed E-state index contributed by atoms with van der Waals surface area (Å²) in [6.45, 7) is 0.560. The molecular formula is C19H19ClN2O3S2. The summed E-state index contributed by atoms with van der Waals surface area (Å²) in [6, 6.07) is 15.3. The molecule has 4 rings (SSSR count).